The van der Waals surface area contributed by atoms with Gasteiger partial charge in [-0.05, 0) is 82.8 Å². The predicted octanol–water partition coefficient (Wildman–Crippen LogP) is 9.94. The number of carbonyl (C=O) groups is 1. The number of rotatable bonds is 23. The van der Waals surface area contributed by atoms with Crippen molar-refractivity contribution in [2.75, 3.05) is 26.9 Å². The summed E-state index contributed by atoms with van der Waals surface area (Å²) >= 11 is 0. The zero-order chi connectivity index (χ0) is 39.5. The highest BCUT2D eigenvalue weighted by Gasteiger charge is 2.49. The van der Waals surface area contributed by atoms with Gasteiger partial charge in [-0.1, -0.05) is 150 Å². The number of benzene rings is 4. The third kappa shape index (κ3) is 13.6. The number of methoxy groups -OCH3 is 1. The smallest absolute Gasteiger partial charge is 0.309 e. The molecule has 0 fully saturated rings. The molecule has 7 heteroatoms. The fourth-order valence-electron chi connectivity index (χ4n) is 7.12. The van der Waals surface area contributed by atoms with Crippen LogP contribution in [0.5, 0.6) is 5.75 Å². The van der Waals surface area contributed by atoms with Crippen LogP contribution >= 0.6 is 0 Å². The molecule has 0 bridgehead atoms. The first-order valence-electron chi connectivity index (χ1n) is 20.0. The van der Waals surface area contributed by atoms with E-state index < -0.39 is 8.32 Å². The van der Waals surface area contributed by atoms with E-state index in [1.807, 2.05) is 61.5 Å². The van der Waals surface area contributed by atoms with Crippen molar-refractivity contribution in [3.8, 4) is 5.75 Å². The second-order valence-electron chi connectivity index (χ2n) is 15.8. The van der Waals surface area contributed by atoms with E-state index in [0.29, 0.717) is 39.0 Å². The average molecular weight is 765 g/mol. The van der Waals surface area contributed by atoms with Gasteiger partial charge in [0, 0.05) is 13.2 Å². The van der Waals surface area contributed by atoms with Crippen molar-refractivity contribution in [2.45, 2.75) is 91.6 Å². The molecular weight excluding hydrogens is 701 g/mol. The van der Waals surface area contributed by atoms with Crippen LogP contribution < -0.4 is 15.1 Å². The Morgan fingerprint density at radius 2 is 1.27 bits per heavy atom. The summed E-state index contributed by atoms with van der Waals surface area (Å²) in [5.74, 6) is 1.06. The lowest BCUT2D eigenvalue weighted by atomic mass is 9.85. The number of hydrogen-bond acceptors (Lipinski definition) is 6. The van der Waals surface area contributed by atoms with Gasteiger partial charge in [0.05, 0.1) is 32.8 Å². The van der Waals surface area contributed by atoms with Crippen LogP contribution in [-0.2, 0) is 36.6 Å². The van der Waals surface area contributed by atoms with E-state index in [1.54, 1.807) is 7.11 Å². The van der Waals surface area contributed by atoms with Crippen molar-refractivity contribution in [1.29, 1.82) is 0 Å². The van der Waals surface area contributed by atoms with Crippen LogP contribution in [0, 0.1) is 17.8 Å². The highest BCUT2D eigenvalue weighted by Crippen LogP contribution is 2.36. The van der Waals surface area contributed by atoms with E-state index in [0.717, 1.165) is 42.6 Å². The monoisotopic (exact) mass is 764 g/mol. The van der Waals surface area contributed by atoms with Crippen LogP contribution in [0.15, 0.2) is 127 Å². The Balaban J connectivity index is 1.35. The molecule has 296 valence electrons. The third-order valence-electron chi connectivity index (χ3n) is 10.5. The summed E-state index contributed by atoms with van der Waals surface area (Å²) in [6.45, 7) is 16.0. The number of hydrogen-bond donors (Lipinski definition) is 0. The summed E-state index contributed by atoms with van der Waals surface area (Å²) in [6.07, 6.45) is 6.84. The molecule has 0 unspecified atom stereocenters. The van der Waals surface area contributed by atoms with Crippen LogP contribution in [0.3, 0.4) is 0 Å². The second kappa shape index (κ2) is 22.5. The molecule has 0 radical (unpaired) electrons. The molecule has 0 saturated heterocycles. The maximum atomic E-state index is 13.8. The number of esters is 1. The van der Waals surface area contributed by atoms with Gasteiger partial charge in [-0.2, -0.15) is 0 Å². The van der Waals surface area contributed by atoms with Crippen LogP contribution in [0.4, 0.5) is 0 Å². The molecule has 4 rings (SSSR count). The molecule has 6 nitrogen and oxygen atoms in total. The van der Waals surface area contributed by atoms with Gasteiger partial charge in [0.1, 0.15) is 11.9 Å². The van der Waals surface area contributed by atoms with E-state index in [9.17, 15) is 4.79 Å². The lowest BCUT2D eigenvalue weighted by Crippen LogP contribution is -2.66. The van der Waals surface area contributed by atoms with Crippen molar-refractivity contribution >= 4 is 24.7 Å². The minimum Gasteiger partial charge on any atom is -0.497 e. The number of ether oxygens (including phenoxy) is 4. The molecule has 0 N–H and O–H groups in total. The largest absolute Gasteiger partial charge is 0.497 e. The minimum atomic E-state index is -2.66. The Bertz CT molecular complexity index is 1630. The summed E-state index contributed by atoms with van der Waals surface area (Å²) in [4.78, 5) is 13.8. The van der Waals surface area contributed by atoms with Gasteiger partial charge >= 0.3 is 5.97 Å². The fraction of sp³-hybridized carbons (Fsp3) is 0.438. The van der Waals surface area contributed by atoms with Gasteiger partial charge in [-0.25, -0.2) is 0 Å². The van der Waals surface area contributed by atoms with Crippen LogP contribution in [-0.4, -0.2) is 47.3 Å². The molecule has 0 amide bonds. The SMILES string of the molecule is COc1ccc(COCCCC[C@H](C[C@H](C)[C@@H](C)COCc2ccccc2)C(=O)O[C@H](C)/C=C/CO[Si](c2ccccc2)(c2ccccc2)C(C)(C)C)cc1. The van der Waals surface area contributed by atoms with Crippen molar-refractivity contribution < 1.29 is 28.2 Å². The molecule has 0 aromatic heterocycles. The summed E-state index contributed by atoms with van der Waals surface area (Å²) in [7, 11) is -0.995. The van der Waals surface area contributed by atoms with Crippen molar-refractivity contribution in [2.24, 2.45) is 17.8 Å². The summed E-state index contributed by atoms with van der Waals surface area (Å²) in [5.41, 5.74) is 2.27. The second-order valence-corrected chi connectivity index (χ2v) is 20.1. The predicted molar refractivity (Wildman–Crippen MR) is 227 cm³/mol. The quantitative estimate of drug-likeness (QED) is 0.0325. The molecule has 0 aliphatic heterocycles. The molecule has 0 spiro atoms. The summed E-state index contributed by atoms with van der Waals surface area (Å²) in [6, 6.07) is 39.5. The van der Waals surface area contributed by atoms with Gasteiger partial charge in [-0.15, -0.1) is 0 Å². The van der Waals surface area contributed by atoms with E-state index in [-0.39, 0.29) is 28.9 Å². The Morgan fingerprint density at radius 3 is 1.85 bits per heavy atom. The average Bonchev–Trinajstić information content (AvgIpc) is 3.19. The Kier molecular flexibility index (Phi) is 17.9. The van der Waals surface area contributed by atoms with Gasteiger partial charge in [-0.3, -0.25) is 4.79 Å². The zero-order valence-electron chi connectivity index (χ0n) is 34.2. The van der Waals surface area contributed by atoms with Crippen LogP contribution in [0.2, 0.25) is 5.04 Å². The number of carbonyl (C=O) groups excluding carboxylic acids is 1. The van der Waals surface area contributed by atoms with Crippen LogP contribution in [0.25, 0.3) is 0 Å². The highest BCUT2D eigenvalue weighted by molar-refractivity contribution is 6.99. The molecule has 55 heavy (non-hydrogen) atoms. The van der Waals surface area contributed by atoms with Crippen molar-refractivity contribution in [1.82, 2.24) is 0 Å². The zero-order valence-corrected chi connectivity index (χ0v) is 35.2. The Morgan fingerprint density at radius 1 is 0.709 bits per heavy atom. The molecule has 4 aromatic carbocycles. The van der Waals surface area contributed by atoms with Crippen LogP contribution in [0.1, 0.15) is 78.4 Å². The van der Waals surface area contributed by atoms with E-state index in [4.69, 9.17) is 23.4 Å². The molecular formula is C48H64O6Si. The van der Waals surface area contributed by atoms with Crippen molar-refractivity contribution in [3.63, 3.8) is 0 Å². The molecule has 4 aromatic rings. The van der Waals surface area contributed by atoms with Gasteiger partial charge in [0.15, 0.2) is 0 Å². The summed E-state index contributed by atoms with van der Waals surface area (Å²) in [5, 5.41) is 2.37. The van der Waals surface area contributed by atoms with E-state index >= 15 is 0 Å². The number of unbranched alkanes of at least 4 members (excludes halogenated alkanes) is 1. The van der Waals surface area contributed by atoms with Gasteiger partial charge in [0.2, 0.25) is 0 Å². The Hall–Kier alpha value is -4.01. The highest BCUT2D eigenvalue weighted by atomic mass is 28.4. The Labute approximate surface area is 332 Å². The minimum absolute atomic E-state index is 0.115. The van der Waals surface area contributed by atoms with Crippen molar-refractivity contribution in [3.05, 3.63) is 139 Å². The third-order valence-corrected chi connectivity index (χ3v) is 15.5. The lowest BCUT2D eigenvalue weighted by molar-refractivity contribution is -0.152. The molecule has 0 saturated carbocycles. The standard InChI is InChI=1S/C48H64O6Si/c1-38(39(2)35-52-37-41-21-11-8-12-22-41)34-43(23-17-18-32-51-36-42-28-30-44(50-7)31-29-42)47(49)54-40(3)20-19-33-53-55(48(4,5)6,45-24-13-9-14-25-45)46-26-15-10-16-27-46/h8-16,19-22,24-31,38-40,43H,17-18,23,32-37H2,1-7H3/b20-19+/t38-,39-,40+,43+/m0/s1. The first kappa shape index (κ1) is 43.7. The topological polar surface area (TPSA) is 63.2 Å². The van der Waals surface area contributed by atoms with Gasteiger partial charge < -0.3 is 23.4 Å². The lowest BCUT2D eigenvalue weighted by Gasteiger charge is -2.42. The molecule has 0 aliphatic carbocycles. The first-order chi connectivity index (χ1) is 26.5. The maximum absolute atomic E-state index is 13.8. The molecule has 0 heterocycles. The first-order valence-corrected chi connectivity index (χ1v) is 21.9. The van der Waals surface area contributed by atoms with Gasteiger partial charge in [0.25, 0.3) is 8.32 Å². The molecule has 4 atom stereocenters. The fourth-order valence-corrected chi connectivity index (χ4v) is 11.6. The summed E-state index contributed by atoms with van der Waals surface area (Å²) < 4.78 is 30.4. The van der Waals surface area contributed by atoms with E-state index in [1.165, 1.54) is 10.4 Å². The van der Waals surface area contributed by atoms with E-state index in [2.05, 4.69) is 107 Å². The molecule has 0 aliphatic rings. The maximum Gasteiger partial charge on any atom is 0.309 e. The normalized spacial score (nSPS) is 14.3.